The quantitative estimate of drug-likeness (QED) is 0.777. The molecule has 0 N–H and O–H groups in total. The molecule has 94 valence electrons. The van der Waals surface area contributed by atoms with Crippen LogP contribution in [0.1, 0.15) is 32.6 Å². The second kappa shape index (κ2) is 5.36. The van der Waals surface area contributed by atoms with Crippen molar-refractivity contribution in [3.05, 3.63) is 51.2 Å². The Labute approximate surface area is 111 Å². The highest BCUT2D eigenvalue weighted by Crippen LogP contribution is 2.27. The molecule has 3 heteroatoms. The molecule has 2 rings (SSSR count). The Hall–Kier alpha value is -1.61. The number of carbonyl (C=O) groups is 1. The fraction of sp³-hybridized carbons (Fsp3) is 0.267. The zero-order valence-electron chi connectivity index (χ0n) is 10.8. The first-order valence-corrected chi connectivity index (χ1v) is 6.78. The van der Waals surface area contributed by atoms with E-state index in [9.17, 15) is 4.79 Å². The van der Waals surface area contributed by atoms with Crippen LogP contribution in [0.4, 0.5) is 0 Å². The topological polar surface area (TPSA) is 26.3 Å². The molecular formula is C15H16O2S. The molecule has 0 aliphatic heterocycles. The summed E-state index contributed by atoms with van der Waals surface area (Å²) in [5.41, 5.74) is 1.80. The van der Waals surface area contributed by atoms with Crippen LogP contribution in [0.15, 0.2) is 30.3 Å². The van der Waals surface area contributed by atoms with Gasteiger partial charge >= 0.3 is 0 Å². The van der Waals surface area contributed by atoms with Crippen molar-refractivity contribution in [3.8, 4) is 5.75 Å². The molecule has 0 bridgehead atoms. The van der Waals surface area contributed by atoms with Crippen LogP contribution >= 0.6 is 11.3 Å². The van der Waals surface area contributed by atoms with E-state index in [1.807, 2.05) is 51.1 Å². The van der Waals surface area contributed by atoms with E-state index in [2.05, 4.69) is 0 Å². The summed E-state index contributed by atoms with van der Waals surface area (Å²) in [5.74, 6) is 0.703. The Kier molecular flexibility index (Phi) is 3.82. The highest BCUT2D eigenvalue weighted by molar-refractivity contribution is 7.14. The summed E-state index contributed by atoms with van der Waals surface area (Å²) >= 11 is 1.54. The number of hydrogen-bond donors (Lipinski definition) is 0. The highest BCUT2D eigenvalue weighted by atomic mass is 32.1. The SMILES string of the molecule is CCOc1ccccc1C(=O)c1cc(C)c(C)s1. The van der Waals surface area contributed by atoms with Gasteiger partial charge in [0, 0.05) is 4.88 Å². The van der Waals surface area contributed by atoms with Gasteiger partial charge in [0.05, 0.1) is 17.0 Å². The molecule has 0 aliphatic carbocycles. The first-order chi connectivity index (χ1) is 8.63. The Morgan fingerprint density at radius 1 is 1.28 bits per heavy atom. The van der Waals surface area contributed by atoms with Crippen molar-refractivity contribution >= 4 is 17.1 Å². The third-order valence-electron chi connectivity index (χ3n) is 2.82. The van der Waals surface area contributed by atoms with Gasteiger partial charge in [0.1, 0.15) is 5.75 Å². The molecule has 1 aromatic carbocycles. The van der Waals surface area contributed by atoms with Crippen molar-refractivity contribution in [2.24, 2.45) is 0 Å². The summed E-state index contributed by atoms with van der Waals surface area (Å²) in [4.78, 5) is 14.4. The molecule has 0 spiro atoms. The maximum atomic E-state index is 12.4. The third-order valence-corrected chi connectivity index (χ3v) is 3.97. The fourth-order valence-electron chi connectivity index (χ4n) is 1.75. The lowest BCUT2D eigenvalue weighted by molar-refractivity contribution is 0.103. The lowest BCUT2D eigenvalue weighted by atomic mass is 10.1. The van der Waals surface area contributed by atoms with Gasteiger partial charge in [0.25, 0.3) is 0 Å². The molecule has 0 amide bonds. The zero-order valence-corrected chi connectivity index (χ0v) is 11.6. The fourth-order valence-corrected chi connectivity index (χ4v) is 2.74. The average molecular weight is 260 g/mol. The van der Waals surface area contributed by atoms with Crippen molar-refractivity contribution < 1.29 is 9.53 Å². The van der Waals surface area contributed by atoms with Crippen LogP contribution in [-0.4, -0.2) is 12.4 Å². The normalized spacial score (nSPS) is 10.4. The number of hydrogen-bond acceptors (Lipinski definition) is 3. The standard InChI is InChI=1S/C15H16O2S/c1-4-17-13-8-6-5-7-12(13)15(16)14-9-10(2)11(3)18-14/h5-9H,4H2,1-3H3. The van der Waals surface area contributed by atoms with E-state index in [1.54, 1.807) is 0 Å². The van der Waals surface area contributed by atoms with Gasteiger partial charge in [-0.1, -0.05) is 12.1 Å². The van der Waals surface area contributed by atoms with E-state index in [0.29, 0.717) is 17.9 Å². The summed E-state index contributed by atoms with van der Waals surface area (Å²) in [6, 6.07) is 9.35. The maximum Gasteiger partial charge on any atom is 0.206 e. The van der Waals surface area contributed by atoms with Gasteiger partial charge in [0.2, 0.25) is 5.78 Å². The average Bonchev–Trinajstić information content (AvgIpc) is 2.70. The van der Waals surface area contributed by atoms with Gasteiger partial charge in [0.15, 0.2) is 0 Å². The number of thiophene rings is 1. The van der Waals surface area contributed by atoms with Crippen molar-refractivity contribution in [1.82, 2.24) is 0 Å². The molecule has 0 atom stereocenters. The number of benzene rings is 1. The minimum absolute atomic E-state index is 0.0419. The van der Waals surface area contributed by atoms with Crippen LogP contribution in [0.2, 0.25) is 0 Å². The molecule has 18 heavy (non-hydrogen) atoms. The molecule has 0 aliphatic rings. The number of ether oxygens (including phenoxy) is 1. The van der Waals surface area contributed by atoms with E-state index >= 15 is 0 Å². The maximum absolute atomic E-state index is 12.4. The molecule has 2 aromatic rings. The van der Waals surface area contributed by atoms with Crippen LogP contribution in [0.3, 0.4) is 0 Å². The third kappa shape index (κ3) is 2.46. The van der Waals surface area contributed by atoms with Gasteiger partial charge in [-0.15, -0.1) is 11.3 Å². The van der Waals surface area contributed by atoms with E-state index < -0.39 is 0 Å². The van der Waals surface area contributed by atoms with E-state index in [4.69, 9.17) is 4.74 Å². The van der Waals surface area contributed by atoms with Crippen LogP contribution < -0.4 is 4.74 Å². The second-order valence-electron chi connectivity index (χ2n) is 4.11. The molecular weight excluding hydrogens is 244 g/mol. The molecule has 2 nitrogen and oxygen atoms in total. The van der Waals surface area contributed by atoms with Gasteiger partial charge in [-0.05, 0) is 44.5 Å². The van der Waals surface area contributed by atoms with Crippen molar-refractivity contribution in [2.45, 2.75) is 20.8 Å². The first kappa shape index (κ1) is 12.8. The predicted octanol–water partition coefficient (Wildman–Crippen LogP) is 3.99. The Balaban J connectivity index is 2.39. The van der Waals surface area contributed by atoms with E-state index in [0.717, 1.165) is 10.4 Å². The van der Waals surface area contributed by atoms with Crippen molar-refractivity contribution in [3.63, 3.8) is 0 Å². The summed E-state index contributed by atoms with van der Waals surface area (Å²) in [6.07, 6.45) is 0. The minimum Gasteiger partial charge on any atom is -0.493 e. The van der Waals surface area contributed by atoms with Crippen LogP contribution in [-0.2, 0) is 0 Å². The van der Waals surface area contributed by atoms with Crippen LogP contribution in [0, 0.1) is 13.8 Å². The van der Waals surface area contributed by atoms with Crippen molar-refractivity contribution in [2.75, 3.05) is 6.61 Å². The van der Waals surface area contributed by atoms with Crippen molar-refractivity contribution in [1.29, 1.82) is 0 Å². The summed E-state index contributed by atoms with van der Waals surface area (Å²) in [5, 5.41) is 0. The molecule has 0 saturated carbocycles. The van der Waals surface area contributed by atoms with Gasteiger partial charge < -0.3 is 4.74 Å². The molecule has 1 aromatic heterocycles. The largest absolute Gasteiger partial charge is 0.493 e. The summed E-state index contributed by atoms with van der Waals surface area (Å²) in [6.45, 7) is 6.54. The summed E-state index contributed by atoms with van der Waals surface area (Å²) in [7, 11) is 0. The molecule has 1 heterocycles. The molecule has 0 radical (unpaired) electrons. The van der Waals surface area contributed by atoms with Crippen LogP contribution in [0.25, 0.3) is 0 Å². The Morgan fingerprint density at radius 3 is 2.61 bits per heavy atom. The second-order valence-corrected chi connectivity index (χ2v) is 5.36. The monoisotopic (exact) mass is 260 g/mol. The molecule has 0 unspecified atom stereocenters. The molecule has 0 fully saturated rings. The Bertz CT molecular complexity index is 550. The van der Waals surface area contributed by atoms with Crippen LogP contribution in [0.5, 0.6) is 5.75 Å². The van der Waals surface area contributed by atoms with Gasteiger partial charge in [-0.3, -0.25) is 4.79 Å². The smallest absolute Gasteiger partial charge is 0.206 e. The molecule has 0 saturated heterocycles. The number of aryl methyl sites for hydroxylation is 2. The van der Waals surface area contributed by atoms with E-state index in [-0.39, 0.29) is 5.78 Å². The lowest BCUT2D eigenvalue weighted by Crippen LogP contribution is -2.03. The highest BCUT2D eigenvalue weighted by Gasteiger charge is 2.16. The number of rotatable bonds is 4. The number of para-hydroxylation sites is 1. The number of carbonyl (C=O) groups excluding carboxylic acids is 1. The van der Waals surface area contributed by atoms with Gasteiger partial charge in [-0.2, -0.15) is 0 Å². The number of ketones is 1. The van der Waals surface area contributed by atoms with Gasteiger partial charge in [-0.25, -0.2) is 0 Å². The predicted molar refractivity (Wildman–Crippen MR) is 74.8 cm³/mol. The lowest BCUT2D eigenvalue weighted by Gasteiger charge is -2.07. The zero-order chi connectivity index (χ0) is 13.1. The first-order valence-electron chi connectivity index (χ1n) is 5.97. The Morgan fingerprint density at radius 2 is 2.00 bits per heavy atom. The minimum atomic E-state index is 0.0419. The summed E-state index contributed by atoms with van der Waals surface area (Å²) < 4.78 is 5.50. The van der Waals surface area contributed by atoms with E-state index in [1.165, 1.54) is 16.2 Å².